The maximum atomic E-state index is 12.2. The van der Waals surface area contributed by atoms with Crippen molar-refractivity contribution in [2.24, 2.45) is 5.92 Å². The van der Waals surface area contributed by atoms with E-state index in [-0.39, 0.29) is 10.8 Å². The quantitative estimate of drug-likeness (QED) is 0.714. The third-order valence-electron chi connectivity index (χ3n) is 4.31. The van der Waals surface area contributed by atoms with E-state index < -0.39 is 10.0 Å². The van der Waals surface area contributed by atoms with E-state index in [0.717, 1.165) is 19.5 Å². The molecule has 0 saturated carbocycles. The molecule has 1 heterocycles. The first-order chi connectivity index (χ1) is 10.8. The van der Waals surface area contributed by atoms with Gasteiger partial charge in [-0.1, -0.05) is 13.0 Å². The fourth-order valence-corrected chi connectivity index (χ4v) is 4.06. The molecule has 0 aliphatic carbocycles. The molecule has 1 unspecified atom stereocenters. The van der Waals surface area contributed by atoms with Gasteiger partial charge in [0.05, 0.1) is 18.0 Å². The van der Waals surface area contributed by atoms with E-state index in [2.05, 4.69) is 17.0 Å². The summed E-state index contributed by atoms with van der Waals surface area (Å²) in [5, 5.41) is 2.82. The highest BCUT2D eigenvalue weighted by Gasteiger charge is 2.22. The summed E-state index contributed by atoms with van der Waals surface area (Å²) < 4.78 is 26.3. The number of anilines is 1. The summed E-state index contributed by atoms with van der Waals surface area (Å²) in [5.41, 5.74) is 1.16. The van der Waals surface area contributed by atoms with Crippen LogP contribution in [0.3, 0.4) is 0 Å². The van der Waals surface area contributed by atoms with Crippen molar-refractivity contribution in [3.63, 3.8) is 0 Å². The fraction of sp³-hybridized carbons (Fsp3) is 0.562. The highest BCUT2D eigenvalue weighted by atomic mass is 32.2. The molecule has 1 aliphatic heterocycles. The number of likely N-dealkylation sites (tertiary alicyclic amines) is 1. The molecule has 128 valence electrons. The molecule has 3 N–H and O–H groups in total. The van der Waals surface area contributed by atoms with Gasteiger partial charge in [0.25, 0.3) is 5.91 Å². The second-order valence-electron chi connectivity index (χ2n) is 6.36. The molecule has 2 atom stereocenters. The van der Waals surface area contributed by atoms with Crippen molar-refractivity contribution in [1.29, 1.82) is 0 Å². The minimum absolute atomic E-state index is 0.0780. The summed E-state index contributed by atoms with van der Waals surface area (Å²) in [6, 6.07) is 4.94. The number of benzene rings is 1. The molecule has 1 aromatic rings. The smallest absolute Gasteiger partial charge is 0.279 e. The molecule has 7 heteroatoms. The lowest BCUT2D eigenvalue weighted by Gasteiger charge is -2.27. The topological polar surface area (TPSA) is 79.7 Å². The van der Waals surface area contributed by atoms with Crippen LogP contribution in [0.4, 0.5) is 5.69 Å². The maximum Gasteiger partial charge on any atom is 0.279 e. The Balaban J connectivity index is 2.05. The zero-order chi connectivity index (χ0) is 17.0. The third kappa shape index (κ3) is 4.76. The minimum atomic E-state index is -3.53. The summed E-state index contributed by atoms with van der Waals surface area (Å²) in [5.74, 6) is 0.573. The van der Waals surface area contributed by atoms with Crippen LogP contribution in [0.15, 0.2) is 23.1 Å². The average Bonchev–Trinajstić information content (AvgIpc) is 2.49. The van der Waals surface area contributed by atoms with Gasteiger partial charge in [-0.2, -0.15) is 0 Å². The number of hydrogen-bond acceptors (Lipinski definition) is 3. The molecule has 1 fully saturated rings. The summed E-state index contributed by atoms with van der Waals surface area (Å²) >= 11 is 0. The third-order valence-corrected chi connectivity index (χ3v) is 5.86. The van der Waals surface area contributed by atoms with Gasteiger partial charge in [-0.3, -0.25) is 4.79 Å². The Morgan fingerprint density at radius 2 is 2.13 bits per heavy atom. The summed E-state index contributed by atoms with van der Waals surface area (Å²) in [6.45, 7) is 6.40. The first-order valence-electron chi connectivity index (χ1n) is 7.99. The molecule has 2 rings (SSSR count). The van der Waals surface area contributed by atoms with Gasteiger partial charge in [0, 0.05) is 11.6 Å². The molecule has 1 aromatic carbocycles. The standard InChI is InChI=1S/C16H25N3O3S/c1-12-5-4-8-19(10-12)11-16(20)18-14-7-6-13(2)15(9-14)23(21,22)17-3/h6-7,9,12,17H,4-5,8,10-11H2,1-3H3,(H,18,20)/p+1/t12-/m0/s1. The lowest BCUT2D eigenvalue weighted by atomic mass is 10.0. The molecule has 6 nitrogen and oxygen atoms in total. The fourth-order valence-electron chi connectivity index (χ4n) is 3.07. The monoisotopic (exact) mass is 340 g/mol. The van der Waals surface area contributed by atoms with Gasteiger partial charge in [-0.15, -0.1) is 0 Å². The number of carbonyl (C=O) groups is 1. The van der Waals surface area contributed by atoms with E-state index in [4.69, 9.17) is 0 Å². The van der Waals surface area contributed by atoms with Crippen LogP contribution in [-0.2, 0) is 14.8 Å². The number of sulfonamides is 1. The molecule has 1 saturated heterocycles. The van der Waals surface area contributed by atoms with Gasteiger partial charge in [0.2, 0.25) is 10.0 Å². The van der Waals surface area contributed by atoms with Crippen molar-refractivity contribution < 1.29 is 18.1 Å². The molecular weight excluding hydrogens is 314 g/mol. The maximum absolute atomic E-state index is 12.2. The second-order valence-corrected chi connectivity index (χ2v) is 8.22. The van der Waals surface area contributed by atoms with Gasteiger partial charge in [0.1, 0.15) is 0 Å². The molecular formula is C16H26N3O3S+. The highest BCUT2D eigenvalue weighted by molar-refractivity contribution is 7.89. The first kappa shape index (κ1) is 17.9. The van der Waals surface area contributed by atoms with E-state index in [9.17, 15) is 13.2 Å². The lowest BCUT2D eigenvalue weighted by molar-refractivity contribution is -0.900. The second kappa shape index (κ2) is 7.42. The van der Waals surface area contributed by atoms with E-state index >= 15 is 0 Å². The summed E-state index contributed by atoms with van der Waals surface area (Å²) in [7, 11) is -2.15. The van der Waals surface area contributed by atoms with Crippen molar-refractivity contribution in [2.75, 3.05) is 32.0 Å². The van der Waals surface area contributed by atoms with Crippen molar-refractivity contribution in [2.45, 2.75) is 31.6 Å². The van der Waals surface area contributed by atoms with E-state index in [1.807, 2.05) is 0 Å². The Kier molecular flexibility index (Phi) is 5.78. The Morgan fingerprint density at radius 1 is 1.39 bits per heavy atom. The molecule has 23 heavy (non-hydrogen) atoms. The highest BCUT2D eigenvalue weighted by Crippen LogP contribution is 2.19. The predicted octanol–water partition coefficient (Wildman–Crippen LogP) is 0.156. The molecule has 0 aromatic heterocycles. The molecule has 1 aliphatic rings. The number of nitrogens with one attached hydrogen (secondary N) is 3. The summed E-state index contributed by atoms with van der Waals surface area (Å²) in [6.07, 6.45) is 2.38. The number of carbonyl (C=O) groups excluding carboxylic acids is 1. The number of amides is 1. The zero-order valence-corrected chi connectivity index (χ0v) is 14.8. The normalized spacial score (nSPS) is 21.9. The van der Waals surface area contributed by atoms with Gasteiger partial charge in [-0.25, -0.2) is 13.1 Å². The van der Waals surface area contributed by atoms with Crippen molar-refractivity contribution >= 4 is 21.6 Å². The SMILES string of the molecule is CNS(=O)(=O)c1cc(NC(=O)C[NH+]2CCC[C@H](C)C2)ccc1C. The lowest BCUT2D eigenvalue weighted by Crippen LogP contribution is -3.14. The van der Waals surface area contributed by atoms with Crippen LogP contribution in [0.1, 0.15) is 25.3 Å². The van der Waals surface area contributed by atoms with Gasteiger partial charge in [0.15, 0.2) is 6.54 Å². The number of rotatable bonds is 5. The van der Waals surface area contributed by atoms with Crippen molar-refractivity contribution in [1.82, 2.24) is 4.72 Å². The van der Waals surface area contributed by atoms with Crippen LogP contribution in [0.25, 0.3) is 0 Å². The van der Waals surface area contributed by atoms with Crippen LogP contribution in [0.2, 0.25) is 0 Å². The van der Waals surface area contributed by atoms with Crippen molar-refractivity contribution in [3.8, 4) is 0 Å². The predicted molar refractivity (Wildman–Crippen MR) is 90.0 cm³/mol. The average molecular weight is 340 g/mol. The van der Waals surface area contributed by atoms with Crippen LogP contribution in [-0.4, -0.2) is 41.0 Å². The molecule has 0 bridgehead atoms. The number of quaternary nitrogens is 1. The number of aryl methyl sites for hydroxylation is 1. The van der Waals surface area contributed by atoms with Crippen molar-refractivity contribution in [3.05, 3.63) is 23.8 Å². The molecule has 1 amide bonds. The number of hydrogen-bond donors (Lipinski definition) is 3. The van der Waals surface area contributed by atoms with E-state index in [0.29, 0.717) is 23.7 Å². The van der Waals surface area contributed by atoms with Crippen LogP contribution in [0, 0.1) is 12.8 Å². The van der Waals surface area contributed by atoms with Gasteiger partial charge >= 0.3 is 0 Å². The van der Waals surface area contributed by atoms with Crippen LogP contribution in [0.5, 0.6) is 0 Å². The van der Waals surface area contributed by atoms with E-state index in [1.54, 1.807) is 19.1 Å². The molecule has 0 spiro atoms. The van der Waals surface area contributed by atoms with Gasteiger partial charge < -0.3 is 10.2 Å². The minimum Gasteiger partial charge on any atom is -0.327 e. The number of piperidine rings is 1. The Labute approximate surface area is 138 Å². The molecule has 0 radical (unpaired) electrons. The van der Waals surface area contributed by atoms with Crippen LogP contribution < -0.4 is 14.9 Å². The Bertz CT molecular complexity index is 673. The van der Waals surface area contributed by atoms with Crippen LogP contribution >= 0.6 is 0 Å². The largest absolute Gasteiger partial charge is 0.327 e. The van der Waals surface area contributed by atoms with E-state index in [1.165, 1.54) is 24.4 Å². The summed E-state index contributed by atoms with van der Waals surface area (Å²) in [4.78, 5) is 13.7. The Hall–Kier alpha value is -1.44. The van der Waals surface area contributed by atoms with Gasteiger partial charge in [-0.05, 0) is 44.5 Å². The Morgan fingerprint density at radius 3 is 2.78 bits per heavy atom. The first-order valence-corrected chi connectivity index (χ1v) is 9.47. The zero-order valence-electron chi connectivity index (χ0n) is 14.0.